The first-order valence-corrected chi connectivity index (χ1v) is 5.96. The highest BCUT2D eigenvalue weighted by Crippen LogP contribution is 2.16. The number of urea groups is 1. The summed E-state index contributed by atoms with van der Waals surface area (Å²) in [7, 11) is 1.75. The summed E-state index contributed by atoms with van der Waals surface area (Å²) in [6, 6.07) is -0.158. The van der Waals surface area contributed by atoms with Gasteiger partial charge in [0.25, 0.3) is 0 Å². The summed E-state index contributed by atoms with van der Waals surface area (Å²) < 4.78 is 0. The average molecular weight is 244 g/mol. The quantitative estimate of drug-likeness (QED) is 0.750. The Morgan fingerprint density at radius 2 is 1.94 bits per heavy atom. The second-order valence-electron chi connectivity index (χ2n) is 4.98. The van der Waals surface area contributed by atoms with Crippen molar-refractivity contribution in [3.63, 3.8) is 0 Å². The standard InChI is InChI=1S/C12H24N2O3/c1-6-12(3,4)14(5)11(17)13-8-7-9(2)10(15)16/h9H,6-8H2,1-5H3,(H,13,17)(H,15,16). The molecule has 0 fully saturated rings. The van der Waals surface area contributed by atoms with E-state index in [-0.39, 0.29) is 11.6 Å². The van der Waals surface area contributed by atoms with Crippen LogP contribution in [0.3, 0.4) is 0 Å². The number of rotatable bonds is 6. The number of carboxylic acids is 1. The number of amides is 2. The topological polar surface area (TPSA) is 69.6 Å². The van der Waals surface area contributed by atoms with Gasteiger partial charge in [-0.2, -0.15) is 0 Å². The molecule has 1 atom stereocenters. The van der Waals surface area contributed by atoms with Gasteiger partial charge in [-0.1, -0.05) is 13.8 Å². The van der Waals surface area contributed by atoms with E-state index in [1.807, 2.05) is 20.8 Å². The van der Waals surface area contributed by atoms with Gasteiger partial charge >= 0.3 is 12.0 Å². The SMILES string of the molecule is CCC(C)(C)N(C)C(=O)NCCC(C)C(=O)O. The van der Waals surface area contributed by atoms with Gasteiger partial charge in [-0.15, -0.1) is 0 Å². The Labute approximate surface area is 103 Å². The molecule has 0 aliphatic rings. The number of carbonyl (C=O) groups excluding carboxylic acids is 1. The van der Waals surface area contributed by atoms with Crippen LogP contribution in [0.2, 0.25) is 0 Å². The van der Waals surface area contributed by atoms with Crippen LogP contribution in [0.4, 0.5) is 4.79 Å². The van der Waals surface area contributed by atoms with Crippen LogP contribution in [0.1, 0.15) is 40.5 Å². The molecular formula is C12H24N2O3. The molecule has 0 saturated heterocycles. The van der Waals surface area contributed by atoms with Crippen molar-refractivity contribution in [2.24, 2.45) is 5.92 Å². The number of hydrogen-bond donors (Lipinski definition) is 2. The molecule has 0 aromatic heterocycles. The van der Waals surface area contributed by atoms with Crippen molar-refractivity contribution < 1.29 is 14.7 Å². The molecule has 5 nitrogen and oxygen atoms in total. The summed E-state index contributed by atoms with van der Waals surface area (Å²) in [5.41, 5.74) is -0.192. The third-order valence-corrected chi connectivity index (χ3v) is 3.35. The second-order valence-corrected chi connectivity index (χ2v) is 4.98. The zero-order valence-electron chi connectivity index (χ0n) is 11.4. The van der Waals surface area contributed by atoms with Gasteiger partial charge in [0.15, 0.2) is 0 Å². The lowest BCUT2D eigenvalue weighted by molar-refractivity contribution is -0.141. The van der Waals surface area contributed by atoms with Gasteiger partial charge in [0.05, 0.1) is 5.92 Å². The molecule has 0 spiro atoms. The number of hydrogen-bond acceptors (Lipinski definition) is 2. The molecule has 0 aliphatic heterocycles. The van der Waals surface area contributed by atoms with Gasteiger partial charge < -0.3 is 15.3 Å². The van der Waals surface area contributed by atoms with Crippen LogP contribution < -0.4 is 5.32 Å². The van der Waals surface area contributed by atoms with Crippen molar-refractivity contribution in [2.75, 3.05) is 13.6 Å². The maximum absolute atomic E-state index is 11.8. The fourth-order valence-electron chi connectivity index (χ4n) is 1.15. The van der Waals surface area contributed by atoms with Crippen LogP contribution in [0, 0.1) is 5.92 Å². The van der Waals surface area contributed by atoms with E-state index in [0.717, 1.165) is 6.42 Å². The lowest BCUT2D eigenvalue weighted by Gasteiger charge is -2.34. The summed E-state index contributed by atoms with van der Waals surface area (Å²) >= 11 is 0. The van der Waals surface area contributed by atoms with E-state index in [1.54, 1.807) is 18.9 Å². The maximum Gasteiger partial charge on any atom is 0.317 e. The summed E-state index contributed by atoms with van der Waals surface area (Å²) in [5.74, 6) is -1.26. The van der Waals surface area contributed by atoms with E-state index in [2.05, 4.69) is 5.32 Å². The van der Waals surface area contributed by atoms with Gasteiger partial charge in [-0.25, -0.2) is 4.79 Å². The van der Waals surface area contributed by atoms with E-state index in [0.29, 0.717) is 13.0 Å². The van der Waals surface area contributed by atoms with Gasteiger partial charge in [-0.05, 0) is 26.7 Å². The van der Waals surface area contributed by atoms with Crippen molar-refractivity contribution in [3.8, 4) is 0 Å². The molecule has 5 heteroatoms. The molecule has 2 N–H and O–H groups in total. The number of nitrogens with one attached hydrogen (secondary N) is 1. The van der Waals surface area contributed by atoms with E-state index < -0.39 is 11.9 Å². The van der Waals surface area contributed by atoms with E-state index >= 15 is 0 Å². The fourth-order valence-corrected chi connectivity index (χ4v) is 1.15. The normalized spacial score (nSPS) is 13.0. The van der Waals surface area contributed by atoms with Crippen molar-refractivity contribution in [2.45, 2.75) is 46.1 Å². The number of carbonyl (C=O) groups is 2. The Morgan fingerprint density at radius 1 is 1.41 bits per heavy atom. The Balaban J connectivity index is 4.07. The minimum Gasteiger partial charge on any atom is -0.481 e. The molecule has 100 valence electrons. The number of aliphatic carboxylic acids is 1. The molecule has 0 bridgehead atoms. The number of carboxylic acid groups (broad SMARTS) is 1. The second kappa shape index (κ2) is 6.47. The third kappa shape index (κ3) is 5.06. The highest BCUT2D eigenvalue weighted by Gasteiger charge is 2.25. The van der Waals surface area contributed by atoms with Crippen molar-refractivity contribution >= 4 is 12.0 Å². The van der Waals surface area contributed by atoms with Crippen LogP contribution in [0.15, 0.2) is 0 Å². The minimum atomic E-state index is -0.832. The van der Waals surface area contributed by atoms with Crippen LogP contribution in [0.25, 0.3) is 0 Å². The van der Waals surface area contributed by atoms with Gasteiger partial charge in [0.1, 0.15) is 0 Å². The molecule has 2 amide bonds. The van der Waals surface area contributed by atoms with Crippen LogP contribution in [-0.2, 0) is 4.79 Å². The first-order chi connectivity index (χ1) is 7.72. The Kier molecular flexibility index (Phi) is 5.99. The molecular weight excluding hydrogens is 220 g/mol. The predicted molar refractivity (Wildman–Crippen MR) is 66.9 cm³/mol. The van der Waals surface area contributed by atoms with Crippen LogP contribution >= 0.6 is 0 Å². The molecule has 0 aliphatic carbocycles. The van der Waals surface area contributed by atoms with Gasteiger partial charge in [0, 0.05) is 19.1 Å². The average Bonchev–Trinajstić information content (AvgIpc) is 2.27. The van der Waals surface area contributed by atoms with Crippen LogP contribution in [-0.4, -0.2) is 41.1 Å². The summed E-state index contributed by atoms with van der Waals surface area (Å²) in [5, 5.41) is 11.4. The minimum absolute atomic E-state index is 0.158. The lowest BCUT2D eigenvalue weighted by Crippen LogP contribution is -2.49. The Hall–Kier alpha value is -1.26. The largest absolute Gasteiger partial charge is 0.481 e. The molecule has 0 saturated carbocycles. The van der Waals surface area contributed by atoms with Crippen LogP contribution in [0.5, 0.6) is 0 Å². The lowest BCUT2D eigenvalue weighted by atomic mass is 10.0. The monoisotopic (exact) mass is 244 g/mol. The zero-order chi connectivity index (χ0) is 13.6. The molecule has 0 aromatic rings. The Bertz CT molecular complexity index is 277. The smallest absolute Gasteiger partial charge is 0.317 e. The van der Waals surface area contributed by atoms with E-state index in [1.165, 1.54) is 0 Å². The summed E-state index contributed by atoms with van der Waals surface area (Å²) in [4.78, 5) is 24.0. The summed E-state index contributed by atoms with van der Waals surface area (Å²) in [6.07, 6.45) is 1.31. The molecule has 0 radical (unpaired) electrons. The molecule has 0 aromatic carbocycles. The molecule has 0 heterocycles. The van der Waals surface area contributed by atoms with Gasteiger partial charge in [0.2, 0.25) is 0 Å². The predicted octanol–water partition coefficient (Wildman–Crippen LogP) is 1.93. The number of nitrogens with zero attached hydrogens (tertiary/aromatic N) is 1. The first-order valence-electron chi connectivity index (χ1n) is 5.96. The molecule has 0 rings (SSSR count). The third-order valence-electron chi connectivity index (χ3n) is 3.35. The van der Waals surface area contributed by atoms with E-state index in [4.69, 9.17) is 5.11 Å². The van der Waals surface area contributed by atoms with E-state index in [9.17, 15) is 9.59 Å². The molecule has 17 heavy (non-hydrogen) atoms. The fraction of sp³-hybridized carbons (Fsp3) is 0.833. The highest BCUT2D eigenvalue weighted by atomic mass is 16.4. The van der Waals surface area contributed by atoms with Crippen molar-refractivity contribution in [1.29, 1.82) is 0 Å². The van der Waals surface area contributed by atoms with Crippen molar-refractivity contribution in [1.82, 2.24) is 10.2 Å². The Morgan fingerprint density at radius 3 is 2.35 bits per heavy atom. The molecule has 1 unspecified atom stereocenters. The maximum atomic E-state index is 11.8. The first kappa shape index (κ1) is 15.7. The summed E-state index contributed by atoms with van der Waals surface area (Å²) in [6.45, 7) is 8.03. The highest BCUT2D eigenvalue weighted by molar-refractivity contribution is 5.74. The zero-order valence-corrected chi connectivity index (χ0v) is 11.4. The van der Waals surface area contributed by atoms with Gasteiger partial charge in [-0.3, -0.25) is 4.79 Å². The van der Waals surface area contributed by atoms with Crippen molar-refractivity contribution in [3.05, 3.63) is 0 Å².